The van der Waals surface area contributed by atoms with Crippen LogP contribution >= 0.6 is 0 Å². The zero-order valence-corrected chi connectivity index (χ0v) is 28.2. The Bertz CT molecular complexity index is 1780. The molecule has 8 saturated carbocycles. The van der Waals surface area contributed by atoms with Crippen molar-refractivity contribution in [2.24, 2.45) is 34.5 Å². The number of hydrogen-bond donors (Lipinski definition) is 0. The van der Waals surface area contributed by atoms with Gasteiger partial charge in [-0.25, -0.2) is 0 Å². The molecule has 48 heavy (non-hydrogen) atoms. The fourth-order valence-electron chi connectivity index (χ4n) is 13.6. The van der Waals surface area contributed by atoms with E-state index < -0.39 is 0 Å². The van der Waals surface area contributed by atoms with Crippen LogP contribution in [0.5, 0.6) is 0 Å². The van der Waals surface area contributed by atoms with Crippen LogP contribution in [0.25, 0.3) is 0 Å². The smallest absolute Gasteiger partial charge is 0.0249 e. The minimum absolute atomic E-state index is 0.366. The van der Waals surface area contributed by atoms with Gasteiger partial charge in [-0.3, -0.25) is 0 Å². The van der Waals surface area contributed by atoms with E-state index in [2.05, 4.69) is 133 Å². The fourth-order valence-corrected chi connectivity index (χ4v) is 13.6. The summed E-state index contributed by atoms with van der Waals surface area (Å²) in [6, 6.07) is 40.0. The average molecular weight is 623 g/mol. The maximum Gasteiger partial charge on any atom is 0.0249 e. The summed E-state index contributed by atoms with van der Waals surface area (Å²) >= 11 is 0. The first-order valence-electron chi connectivity index (χ1n) is 18.9. The Morgan fingerprint density at radius 1 is 0.354 bits per heavy atom. The molecule has 0 radical (unpaired) electrons. The molecule has 0 heterocycles. The normalized spacial score (nSPS) is 36.6. The largest absolute Gasteiger partial charge is 0.0622 e. The molecule has 8 bridgehead atoms. The van der Waals surface area contributed by atoms with Crippen LogP contribution in [-0.2, 0) is 10.8 Å². The van der Waals surface area contributed by atoms with Crippen molar-refractivity contribution in [1.82, 2.24) is 0 Å². The van der Waals surface area contributed by atoms with Gasteiger partial charge in [0.1, 0.15) is 0 Å². The van der Waals surface area contributed by atoms with Gasteiger partial charge >= 0.3 is 0 Å². The van der Waals surface area contributed by atoms with Crippen molar-refractivity contribution in [1.29, 1.82) is 0 Å². The van der Waals surface area contributed by atoms with Crippen molar-refractivity contribution < 1.29 is 0 Å². The van der Waals surface area contributed by atoms with Crippen LogP contribution in [0.4, 0.5) is 0 Å². The van der Waals surface area contributed by atoms with Gasteiger partial charge in [-0.15, -0.1) is 0 Å². The lowest BCUT2D eigenvalue weighted by Crippen LogP contribution is -2.66. The first kappa shape index (κ1) is 29.0. The molecule has 0 spiro atoms. The average Bonchev–Trinajstić information content (AvgIpc) is 3.10. The number of rotatable bonds is 3. The molecule has 8 aliphatic carbocycles. The zero-order valence-electron chi connectivity index (χ0n) is 28.2. The van der Waals surface area contributed by atoms with Gasteiger partial charge in [-0.2, -0.15) is 0 Å². The van der Waals surface area contributed by atoms with Crippen LogP contribution in [-0.4, -0.2) is 0 Å². The zero-order chi connectivity index (χ0) is 31.8. The molecule has 8 aliphatic rings. The SMILES string of the molecule is C(#Cc1ccc(C23CC4CC(C2)CC(C25CC6CC(CC(c7ccc(C#Cc8ccccc8)cc7)(C6)C2)C5)(C4)C3)cc1)c1ccccc1. The highest BCUT2D eigenvalue weighted by Gasteiger charge is 2.70. The summed E-state index contributed by atoms with van der Waals surface area (Å²) in [6.45, 7) is 0. The van der Waals surface area contributed by atoms with Crippen LogP contribution in [0, 0.1) is 58.2 Å². The van der Waals surface area contributed by atoms with Crippen molar-refractivity contribution in [3.63, 3.8) is 0 Å². The molecule has 0 amide bonds. The Morgan fingerprint density at radius 3 is 1.00 bits per heavy atom. The van der Waals surface area contributed by atoms with E-state index in [0.29, 0.717) is 21.7 Å². The standard InChI is InChI=1S/C48H46/c1-3-7-35(8-4-1)11-13-37-15-19-43(20-16-37)45-25-39-23-40(26-45)30-47(29-39,33-45)48-31-41-24-42(32-48)28-46(27-41,34-48)44-21-17-38(18-22-44)14-12-36-9-5-2-6-10-36/h1-10,15-22,39-42H,23-34H2. The Labute approximate surface area is 287 Å². The first-order valence-corrected chi connectivity index (χ1v) is 18.9. The van der Waals surface area contributed by atoms with Crippen molar-refractivity contribution in [3.8, 4) is 23.7 Å². The van der Waals surface area contributed by atoms with E-state index in [0.717, 1.165) is 45.9 Å². The van der Waals surface area contributed by atoms with Crippen LogP contribution in [0.2, 0.25) is 0 Å². The molecule has 4 unspecified atom stereocenters. The molecule has 4 aromatic carbocycles. The van der Waals surface area contributed by atoms with Crippen molar-refractivity contribution >= 4 is 0 Å². The molecule has 0 aromatic heterocycles. The highest BCUT2D eigenvalue weighted by atomic mass is 14.7. The number of hydrogen-bond acceptors (Lipinski definition) is 0. The van der Waals surface area contributed by atoms with E-state index in [1.807, 2.05) is 0 Å². The molecule has 238 valence electrons. The second-order valence-corrected chi connectivity index (χ2v) is 17.4. The maximum absolute atomic E-state index is 3.44. The third-order valence-corrected chi connectivity index (χ3v) is 14.5. The summed E-state index contributed by atoms with van der Waals surface area (Å²) < 4.78 is 0. The summed E-state index contributed by atoms with van der Waals surface area (Å²) in [7, 11) is 0. The van der Waals surface area contributed by atoms with Crippen LogP contribution in [0.15, 0.2) is 109 Å². The van der Waals surface area contributed by atoms with Gasteiger partial charge in [0.2, 0.25) is 0 Å². The van der Waals surface area contributed by atoms with E-state index >= 15 is 0 Å². The van der Waals surface area contributed by atoms with Gasteiger partial charge in [-0.05, 0) is 182 Å². The van der Waals surface area contributed by atoms with E-state index in [4.69, 9.17) is 0 Å². The van der Waals surface area contributed by atoms with Gasteiger partial charge in [0.15, 0.2) is 0 Å². The predicted molar refractivity (Wildman–Crippen MR) is 195 cm³/mol. The van der Waals surface area contributed by atoms with Gasteiger partial charge in [0.05, 0.1) is 0 Å². The van der Waals surface area contributed by atoms with Gasteiger partial charge in [-0.1, -0.05) is 84.3 Å². The van der Waals surface area contributed by atoms with E-state index in [1.165, 1.54) is 77.0 Å². The second kappa shape index (κ2) is 10.8. The molecule has 0 heteroatoms. The fraction of sp³-hybridized carbons (Fsp3) is 0.417. The highest BCUT2D eigenvalue weighted by molar-refractivity contribution is 5.47. The van der Waals surface area contributed by atoms with E-state index in [9.17, 15) is 0 Å². The molecule has 4 aromatic rings. The Balaban J connectivity index is 0.956. The highest BCUT2D eigenvalue weighted by Crippen LogP contribution is 2.78. The van der Waals surface area contributed by atoms with Crippen LogP contribution in [0.1, 0.15) is 110 Å². The summed E-state index contributed by atoms with van der Waals surface area (Å²) in [5.41, 5.74) is 9.48. The van der Waals surface area contributed by atoms with E-state index in [1.54, 1.807) is 11.1 Å². The topological polar surface area (TPSA) is 0 Å². The molecule has 0 N–H and O–H groups in total. The molecular formula is C48H46. The number of benzene rings is 4. The lowest BCUT2D eigenvalue weighted by atomic mass is 9.30. The van der Waals surface area contributed by atoms with Crippen molar-refractivity contribution in [2.45, 2.75) is 87.9 Å². The van der Waals surface area contributed by atoms with Gasteiger partial charge < -0.3 is 0 Å². The van der Waals surface area contributed by atoms with E-state index in [-0.39, 0.29) is 0 Å². The Morgan fingerprint density at radius 2 is 0.667 bits per heavy atom. The van der Waals surface area contributed by atoms with Crippen LogP contribution in [0.3, 0.4) is 0 Å². The van der Waals surface area contributed by atoms with Gasteiger partial charge in [0.25, 0.3) is 0 Å². The Kier molecular flexibility index (Phi) is 6.49. The molecule has 8 fully saturated rings. The summed E-state index contributed by atoms with van der Waals surface area (Å²) in [5, 5.41) is 0. The third kappa shape index (κ3) is 4.67. The quantitative estimate of drug-likeness (QED) is 0.199. The molecule has 0 nitrogen and oxygen atoms in total. The molecule has 12 rings (SSSR count). The van der Waals surface area contributed by atoms with Crippen LogP contribution < -0.4 is 0 Å². The monoisotopic (exact) mass is 622 g/mol. The van der Waals surface area contributed by atoms with Crippen molar-refractivity contribution in [2.75, 3.05) is 0 Å². The summed E-state index contributed by atoms with van der Waals surface area (Å²) in [6.07, 6.45) is 17.6. The third-order valence-electron chi connectivity index (χ3n) is 14.5. The minimum atomic E-state index is 0.366. The molecule has 0 aliphatic heterocycles. The summed E-state index contributed by atoms with van der Waals surface area (Å²) in [4.78, 5) is 0. The summed E-state index contributed by atoms with van der Waals surface area (Å²) in [5.74, 6) is 17.3. The second-order valence-electron chi connectivity index (χ2n) is 17.4. The van der Waals surface area contributed by atoms with Gasteiger partial charge in [0, 0.05) is 22.3 Å². The molecule has 0 saturated heterocycles. The van der Waals surface area contributed by atoms with Crippen molar-refractivity contribution in [3.05, 3.63) is 143 Å². The predicted octanol–water partition coefficient (Wildman–Crippen LogP) is 10.9. The first-order chi connectivity index (χ1) is 23.5. The molecular weight excluding hydrogens is 577 g/mol. The Hall–Kier alpha value is -4.00. The molecule has 4 atom stereocenters. The maximum atomic E-state index is 3.44. The lowest BCUT2D eigenvalue weighted by Gasteiger charge is -2.74. The minimum Gasteiger partial charge on any atom is -0.0622 e. The lowest BCUT2D eigenvalue weighted by molar-refractivity contribution is -0.212.